The van der Waals surface area contributed by atoms with Crippen LogP contribution in [-0.2, 0) is 9.47 Å². The average molecular weight is 293 g/mol. The van der Waals surface area contributed by atoms with Crippen molar-refractivity contribution < 1.29 is 14.3 Å². The number of likely N-dealkylation sites (tertiary alicyclic amines) is 1. The number of hydrogen-bond donors (Lipinski definition) is 1. The van der Waals surface area contributed by atoms with Crippen LogP contribution >= 0.6 is 12.4 Å². The fourth-order valence-corrected chi connectivity index (χ4v) is 2.45. The monoisotopic (exact) mass is 292 g/mol. The number of halogens is 1. The Morgan fingerprint density at radius 2 is 1.95 bits per heavy atom. The molecule has 0 aromatic heterocycles. The van der Waals surface area contributed by atoms with Gasteiger partial charge in [-0.2, -0.15) is 0 Å². The van der Waals surface area contributed by atoms with Crippen LogP contribution in [0.25, 0.3) is 0 Å². The highest BCUT2D eigenvalue weighted by molar-refractivity contribution is 5.85. The first-order valence-corrected chi connectivity index (χ1v) is 6.73. The summed E-state index contributed by atoms with van der Waals surface area (Å²) in [6.45, 7) is 9.71. The fraction of sp³-hybridized carbons (Fsp3) is 0.923. The molecule has 0 aromatic rings. The number of amides is 1. The molecule has 0 atom stereocenters. The van der Waals surface area contributed by atoms with Gasteiger partial charge in [-0.1, -0.05) is 0 Å². The van der Waals surface area contributed by atoms with Crippen LogP contribution in [0.3, 0.4) is 0 Å². The van der Waals surface area contributed by atoms with E-state index in [1.54, 1.807) is 4.90 Å². The third-order valence-corrected chi connectivity index (χ3v) is 3.46. The number of hydrogen-bond acceptors (Lipinski definition) is 4. The number of carbonyl (C=O) groups excluding carboxylic acids is 1. The molecule has 19 heavy (non-hydrogen) atoms. The first-order chi connectivity index (χ1) is 8.40. The van der Waals surface area contributed by atoms with Gasteiger partial charge in [-0.3, -0.25) is 0 Å². The second-order valence-corrected chi connectivity index (χ2v) is 6.18. The molecule has 2 heterocycles. The van der Waals surface area contributed by atoms with E-state index in [9.17, 15) is 4.79 Å². The van der Waals surface area contributed by atoms with Gasteiger partial charge in [0.1, 0.15) is 5.60 Å². The third kappa shape index (κ3) is 4.51. The molecule has 0 unspecified atom stereocenters. The summed E-state index contributed by atoms with van der Waals surface area (Å²) in [5, 5.41) is 3.37. The van der Waals surface area contributed by atoms with Crippen molar-refractivity contribution >= 4 is 18.5 Å². The van der Waals surface area contributed by atoms with Crippen LogP contribution in [0.1, 0.15) is 33.6 Å². The highest BCUT2D eigenvalue weighted by atomic mass is 35.5. The molecule has 0 saturated carbocycles. The first-order valence-electron chi connectivity index (χ1n) is 6.73. The molecular formula is C13H25ClN2O3. The van der Waals surface area contributed by atoms with Gasteiger partial charge in [0.05, 0.1) is 12.2 Å². The number of piperidine rings is 1. The van der Waals surface area contributed by atoms with Crippen LogP contribution in [0.2, 0.25) is 0 Å². The molecule has 2 aliphatic heterocycles. The molecule has 1 amide bonds. The smallest absolute Gasteiger partial charge is 0.410 e. The minimum absolute atomic E-state index is 0. The van der Waals surface area contributed by atoms with Gasteiger partial charge in [0, 0.05) is 26.2 Å². The summed E-state index contributed by atoms with van der Waals surface area (Å²) in [5.74, 6) is 0. The Kier molecular flexibility index (Phi) is 5.47. The zero-order valence-corrected chi connectivity index (χ0v) is 12.8. The lowest BCUT2D eigenvalue weighted by Crippen LogP contribution is -2.56. The predicted molar refractivity (Wildman–Crippen MR) is 75.8 cm³/mol. The summed E-state index contributed by atoms with van der Waals surface area (Å²) >= 11 is 0. The Balaban J connectivity index is 0.00000180. The molecule has 5 nitrogen and oxygen atoms in total. The van der Waals surface area contributed by atoms with Crippen molar-refractivity contribution in [3.8, 4) is 0 Å². The number of nitrogens with one attached hydrogen (secondary N) is 1. The summed E-state index contributed by atoms with van der Waals surface area (Å²) in [4.78, 5) is 13.7. The standard InChI is InChI=1S/C13H24N2O3.ClH/c1-12(2,3)18-11(16)15-7-4-13(5-8-15)10-14-6-9-17-13;/h14H,4-10H2,1-3H3;1H. The van der Waals surface area contributed by atoms with Crippen molar-refractivity contribution in [2.75, 3.05) is 32.8 Å². The Hall–Kier alpha value is -0.520. The van der Waals surface area contributed by atoms with Crippen molar-refractivity contribution in [1.82, 2.24) is 10.2 Å². The second-order valence-electron chi connectivity index (χ2n) is 6.18. The lowest BCUT2D eigenvalue weighted by atomic mass is 9.90. The van der Waals surface area contributed by atoms with Gasteiger partial charge >= 0.3 is 6.09 Å². The number of carbonyl (C=O) groups is 1. The van der Waals surface area contributed by atoms with E-state index in [0.29, 0.717) is 0 Å². The summed E-state index contributed by atoms with van der Waals surface area (Å²) in [6, 6.07) is 0. The van der Waals surface area contributed by atoms with Crippen LogP contribution in [0, 0.1) is 0 Å². The number of ether oxygens (including phenoxy) is 2. The quantitative estimate of drug-likeness (QED) is 0.740. The van der Waals surface area contributed by atoms with Crippen molar-refractivity contribution in [2.45, 2.75) is 44.8 Å². The van der Waals surface area contributed by atoms with Gasteiger partial charge in [0.15, 0.2) is 0 Å². The maximum atomic E-state index is 11.9. The van der Waals surface area contributed by atoms with Gasteiger partial charge in [-0.05, 0) is 33.6 Å². The van der Waals surface area contributed by atoms with Crippen LogP contribution in [-0.4, -0.2) is 55.0 Å². The van der Waals surface area contributed by atoms with Crippen molar-refractivity contribution in [1.29, 1.82) is 0 Å². The van der Waals surface area contributed by atoms with Crippen molar-refractivity contribution in [3.63, 3.8) is 0 Å². The molecule has 1 N–H and O–H groups in total. The van der Waals surface area contributed by atoms with Crippen molar-refractivity contribution in [2.24, 2.45) is 0 Å². The zero-order chi connectivity index (χ0) is 13.2. The largest absolute Gasteiger partial charge is 0.444 e. The molecule has 0 aliphatic carbocycles. The number of rotatable bonds is 0. The molecule has 0 radical (unpaired) electrons. The molecule has 2 saturated heterocycles. The predicted octanol–water partition coefficient (Wildman–Crippen LogP) is 1.80. The van der Waals surface area contributed by atoms with Crippen molar-refractivity contribution in [3.05, 3.63) is 0 Å². The maximum absolute atomic E-state index is 11.9. The van der Waals surface area contributed by atoms with Gasteiger partial charge in [-0.25, -0.2) is 4.79 Å². The average Bonchev–Trinajstić information content (AvgIpc) is 2.28. The molecule has 0 aromatic carbocycles. The highest BCUT2D eigenvalue weighted by Gasteiger charge is 2.38. The lowest BCUT2D eigenvalue weighted by Gasteiger charge is -2.44. The molecular weight excluding hydrogens is 268 g/mol. The number of morpholine rings is 1. The Bertz CT molecular complexity index is 302. The second kappa shape index (κ2) is 6.29. The first kappa shape index (κ1) is 16.5. The minimum Gasteiger partial charge on any atom is -0.444 e. The summed E-state index contributed by atoms with van der Waals surface area (Å²) < 4.78 is 11.3. The fourth-order valence-electron chi connectivity index (χ4n) is 2.45. The van der Waals surface area contributed by atoms with E-state index in [0.717, 1.165) is 45.6 Å². The maximum Gasteiger partial charge on any atom is 0.410 e. The molecule has 0 bridgehead atoms. The Labute approximate surface area is 121 Å². The van der Waals surface area contributed by atoms with E-state index in [4.69, 9.17) is 9.47 Å². The van der Waals surface area contributed by atoms with Gasteiger partial charge < -0.3 is 19.7 Å². The minimum atomic E-state index is -0.422. The molecule has 1 spiro atoms. The van der Waals surface area contributed by atoms with Crippen LogP contribution in [0.5, 0.6) is 0 Å². The zero-order valence-electron chi connectivity index (χ0n) is 12.0. The van der Waals surface area contributed by atoms with E-state index in [1.807, 2.05) is 20.8 Å². The van der Waals surface area contributed by atoms with Crippen LogP contribution < -0.4 is 5.32 Å². The Morgan fingerprint density at radius 1 is 1.32 bits per heavy atom. The van der Waals surface area contributed by atoms with Gasteiger partial charge in [0.2, 0.25) is 0 Å². The summed E-state index contributed by atoms with van der Waals surface area (Å²) in [6.07, 6.45) is 1.57. The van der Waals surface area contributed by atoms with E-state index in [-0.39, 0.29) is 24.1 Å². The molecule has 6 heteroatoms. The third-order valence-electron chi connectivity index (χ3n) is 3.46. The SMILES string of the molecule is CC(C)(C)OC(=O)N1CCC2(CC1)CNCCO2.Cl. The molecule has 2 rings (SSSR count). The van der Waals surface area contributed by atoms with E-state index in [2.05, 4.69) is 5.32 Å². The normalized spacial score (nSPS) is 22.8. The molecule has 2 aliphatic rings. The lowest BCUT2D eigenvalue weighted by molar-refractivity contribution is -0.0993. The van der Waals surface area contributed by atoms with E-state index in [1.165, 1.54) is 0 Å². The van der Waals surface area contributed by atoms with Crippen LogP contribution in [0.4, 0.5) is 4.79 Å². The van der Waals surface area contributed by atoms with E-state index < -0.39 is 5.60 Å². The summed E-state index contributed by atoms with van der Waals surface area (Å²) in [5.41, 5.74) is -0.480. The van der Waals surface area contributed by atoms with Gasteiger partial charge in [-0.15, -0.1) is 12.4 Å². The van der Waals surface area contributed by atoms with Crippen LogP contribution in [0.15, 0.2) is 0 Å². The summed E-state index contributed by atoms with van der Waals surface area (Å²) in [7, 11) is 0. The molecule has 112 valence electrons. The molecule has 2 fully saturated rings. The van der Waals surface area contributed by atoms with E-state index >= 15 is 0 Å². The topological polar surface area (TPSA) is 50.8 Å². The van der Waals surface area contributed by atoms with Gasteiger partial charge in [0.25, 0.3) is 0 Å². The highest BCUT2D eigenvalue weighted by Crippen LogP contribution is 2.28. The Morgan fingerprint density at radius 3 is 2.42 bits per heavy atom. The number of nitrogens with zero attached hydrogens (tertiary/aromatic N) is 1.